The second-order valence-electron chi connectivity index (χ2n) is 4.13. The number of ether oxygens (including phenoxy) is 4. The van der Waals surface area contributed by atoms with Crippen molar-refractivity contribution in [1.29, 1.82) is 0 Å². The monoisotopic (exact) mass is 216 g/mol. The SMILES string of the molecule is C=COC[C@H]1OC(O)[C@@H]2OC(C)(C)O[C@H]12. The molecule has 5 nitrogen and oxygen atoms in total. The van der Waals surface area contributed by atoms with E-state index in [4.69, 9.17) is 18.9 Å². The molecule has 0 aromatic rings. The van der Waals surface area contributed by atoms with E-state index >= 15 is 0 Å². The quantitative estimate of drug-likeness (QED) is 0.691. The Morgan fingerprint density at radius 2 is 2.07 bits per heavy atom. The Kier molecular flexibility index (Phi) is 2.72. The topological polar surface area (TPSA) is 57.2 Å². The molecule has 0 bridgehead atoms. The van der Waals surface area contributed by atoms with E-state index in [1.54, 1.807) is 0 Å². The molecule has 86 valence electrons. The highest BCUT2D eigenvalue weighted by Crippen LogP contribution is 2.37. The van der Waals surface area contributed by atoms with E-state index < -0.39 is 18.2 Å². The molecule has 2 rings (SSSR count). The Labute approximate surface area is 88.6 Å². The highest BCUT2D eigenvalue weighted by molar-refractivity contribution is 4.94. The first-order valence-corrected chi connectivity index (χ1v) is 4.95. The third-order valence-electron chi connectivity index (χ3n) is 2.50. The normalized spacial score (nSPS) is 42.6. The van der Waals surface area contributed by atoms with Gasteiger partial charge < -0.3 is 24.1 Å². The largest absolute Gasteiger partial charge is 0.499 e. The van der Waals surface area contributed by atoms with Crippen molar-refractivity contribution in [2.24, 2.45) is 0 Å². The molecule has 1 unspecified atom stereocenters. The van der Waals surface area contributed by atoms with Gasteiger partial charge >= 0.3 is 0 Å². The van der Waals surface area contributed by atoms with Crippen LogP contribution < -0.4 is 0 Å². The fraction of sp³-hybridized carbons (Fsp3) is 0.800. The average Bonchev–Trinajstić information content (AvgIpc) is 2.60. The predicted octanol–water partition coefficient (Wildman–Crippen LogP) is 0.384. The summed E-state index contributed by atoms with van der Waals surface area (Å²) in [6.45, 7) is 7.37. The molecule has 2 saturated heterocycles. The Balaban J connectivity index is 2.02. The maximum atomic E-state index is 9.59. The van der Waals surface area contributed by atoms with E-state index in [0.29, 0.717) is 6.61 Å². The lowest BCUT2D eigenvalue weighted by Crippen LogP contribution is -2.32. The van der Waals surface area contributed by atoms with Crippen molar-refractivity contribution < 1.29 is 24.1 Å². The van der Waals surface area contributed by atoms with Crippen molar-refractivity contribution in [3.63, 3.8) is 0 Å². The molecule has 5 heteroatoms. The number of hydrogen-bond donors (Lipinski definition) is 1. The van der Waals surface area contributed by atoms with Crippen molar-refractivity contribution in [1.82, 2.24) is 0 Å². The van der Waals surface area contributed by atoms with Crippen molar-refractivity contribution >= 4 is 0 Å². The summed E-state index contributed by atoms with van der Waals surface area (Å²) in [5.41, 5.74) is 0. The third-order valence-corrected chi connectivity index (χ3v) is 2.50. The second-order valence-corrected chi connectivity index (χ2v) is 4.13. The summed E-state index contributed by atoms with van der Waals surface area (Å²) in [6, 6.07) is 0. The summed E-state index contributed by atoms with van der Waals surface area (Å²) < 4.78 is 21.4. The van der Waals surface area contributed by atoms with Gasteiger partial charge in [-0.3, -0.25) is 0 Å². The van der Waals surface area contributed by atoms with Crippen molar-refractivity contribution in [3.8, 4) is 0 Å². The fourth-order valence-corrected chi connectivity index (χ4v) is 1.96. The lowest BCUT2D eigenvalue weighted by molar-refractivity contribution is -0.223. The standard InChI is InChI=1S/C10H16O5/c1-4-12-5-6-7-8(9(11)13-6)15-10(2,3)14-7/h4,6-9,11H,1,5H2,2-3H3/t6-,7-,8-,9?/m1/s1. The van der Waals surface area contributed by atoms with Crippen molar-refractivity contribution in [3.05, 3.63) is 12.8 Å². The van der Waals surface area contributed by atoms with Gasteiger partial charge in [-0.05, 0) is 13.8 Å². The summed E-state index contributed by atoms with van der Waals surface area (Å²) in [5.74, 6) is -0.674. The Hall–Kier alpha value is -0.620. The zero-order valence-electron chi connectivity index (χ0n) is 8.88. The van der Waals surface area contributed by atoms with E-state index in [2.05, 4.69) is 6.58 Å². The second kappa shape index (κ2) is 3.75. The van der Waals surface area contributed by atoms with Crippen LogP contribution in [-0.4, -0.2) is 42.1 Å². The smallest absolute Gasteiger partial charge is 0.184 e. The minimum atomic E-state index is -0.949. The van der Waals surface area contributed by atoms with Crippen LogP contribution >= 0.6 is 0 Å². The first kappa shape index (κ1) is 10.9. The van der Waals surface area contributed by atoms with Crippen molar-refractivity contribution in [2.75, 3.05) is 6.61 Å². The Morgan fingerprint density at radius 1 is 1.40 bits per heavy atom. The number of hydrogen-bond acceptors (Lipinski definition) is 5. The molecule has 0 aromatic carbocycles. The van der Waals surface area contributed by atoms with Crippen LogP contribution in [0.2, 0.25) is 0 Å². The molecule has 2 fully saturated rings. The van der Waals surface area contributed by atoms with E-state index in [1.807, 2.05) is 13.8 Å². The van der Waals surface area contributed by atoms with E-state index in [9.17, 15) is 5.11 Å². The van der Waals surface area contributed by atoms with Gasteiger partial charge in [-0.25, -0.2) is 0 Å². The summed E-state index contributed by atoms with van der Waals surface area (Å²) in [4.78, 5) is 0. The van der Waals surface area contributed by atoms with Gasteiger partial charge in [0.1, 0.15) is 24.9 Å². The van der Waals surface area contributed by atoms with Gasteiger partial charge in [0.15, 0.2) is 12.1 Å². The first-order chi connectivity index (χ1) is 7.03. The van der Waals surface area contributed by atoms with Crippen LogP contribution in [0.3, 0.4) is 0 Å². The molecular formula is C10H16O5. The molecule has 0 aliphatic carbocycles. The summed E-state index contributed by atoms with van der Waals surface area (Å²) in [5, 5.41) is 9.59. The molecular weight excluding hydrogens is 200 g/mol. The fourth-order valence-electron chi connectivity index (χ4n) is 1.96. The van der Waals surface area contributed by atoms with E-state index in [-0.39, 0.29) is 12.2 Å². The maximum Gasteiger partial charge on any atom is 0.184 e. The van der Waals surface area contributed by atoms with E-state index in [1.165, 1.54) is 6.26 Å². The highest BCUT2D eigenvalue weighted by atomic mass is 16.8. The lowest BCUT2D eigenvalue weighted by Gasteiger charge is -2.22. The molecule has 4 atom stereocenters. The lowest BCUT2D eigenvalue weighted by atomic mass is 10.1. The zero-order chi connectivity index (χ0) is 11.1. The van der Waals surface area contributed by atoms with Crippen LogP contribution in [0.5, 0.6) is 0 Å². The van der Waals surface area contributed by atoms with Crippen LogP contribution in [0.1, 0.15) is 13.8 Å². The minimum Gasteiger partial charge on any atom is -0.499 e. The minimum absolute atomic E-state index is 0.282. The van der Waals surface area contributed by atoms with Crippen LogP contribution in [0.15, 0.2) is 12.8 Å². The molecule has 2 heterocycles. The van der Waals surface area contributed by atoms with Crippen LogP contribution in [0, 0.1) is 0 Å². The molecule has 2 aliphatic heterocycles. The first-order valence-electron chi connectivity index (χ1n) is 4.95. The molecule has 0 saturated carbocycles. The molecule has 0 amide bonds. The van der Waals surface area contributed by atoms with Gasteiger partial charge in [-0.1, -0.05) is 6.58 Å². The molecule has 1 N–H and O–H groups in total. The van der Waals surface area contributed by atoms with Crippen LogP contribution in [0.25, 0.3) is 0 Å². The van der Waals surface area contributed by atoms with Gasteiger partial charge in [0.2, 0.25) is 0 Å². The molecule has 15 heavy (non-hydrogen) atoms. The summed E-state index contributed by atoms with van der Waals surface area (Å²) >= 11 is 0. The van der Waals surface area contributed by atoms with Crippen LogP contribution in [-0.2, 0) is 18.9 Å². The Bertz CT molecular complexity index is 252. The van der Waals surface area contributed by atoms with Crippen molar-refractivity contribution in [2.45, 2.75) is 44.2 Å². The molecule has 0 radical (unpaired) electrons. The summed E-state index contributed by atoms with van der Waals surface area (Å²) in [6.07, 6.45) is -0.641. The molecule has 0 aromatic heterocycles. The average molecular weight is 216 g/mol. The van der Waals surface area contributed by atoms with Gasteiger partial charge in [-0.15, -0.1) is 0 Å². The van der Waals surface area contributed by atoms with Gasteiger partial charge in [0, 0.05) is 0 Å². The Morgan fingerprint density at radius 3 is 2.73 bits per heavy atom. The van der Waals surface area contributed by atoms with Crippen LogP contribution in [0.4, 0.5) is 0 Å². The predicted molar refractivity (Wildman–Crippen MR) is 50.9 cm³/mol. The van der Waals surface area contributed by atoms with Gasteiger partial charge in [0.05, 0.1) is 6.26 Å². The number of rotatable bonds is 3. The van der Waals surface area contributed by atoms with E-state index in [0.717, 1.165) is 0 Å². The third kappa shape index (κ3) is 2.01. The molecule has 0 spiro atoms. The highest BCUT2D eigenvalue weighted by Gasteiger charge is 2.54. The number of fused-ring (bicyclic) bond motifs is 1. The number of aliphatic hydroxyl groups excluding tert-OH is 1. The number of aliphatic hydroxyl groups is 1. The summed E-state index contributed by atoms with van der Waals surface area (Å²) in [7, 11) is 0. The van der Waals surface area contributed by atoms with Gasteiger partial charge in [-0.2, -0.15) is 0 Å². The van der Waals surface area contributed by atoms with Gasteiger partial charge in [0.25, 0.3) is 0 Å². The molecule has 2 aliphatic rings. The maximum absolute atomic E-state index is 9.59. The zero-order valence-corrected chi connectivity index (χ0v) is 8.88.